The summed E-state index contributed by atoms with van der Waals surface area (Å²) in [5.41, 5.74) is 5.45. The Morgan fingerprint density at radius 1 is 1.65 bits per heavy atom. The maximum atomic E-state index is 11.1. The minimum absolute atomic E-state index is 0.342. The lowest BCUT2D eigenvalue weighted by Crippen LogP contribution is -2.22. The lowest BCUT2D eigenvalue weighted by molar-refractivity contribution is 0.152. The molecule has 0 aliphatic heterocycles. The van der Waals surface area contributed by atoms with Gasteiger partial charge in [-0.1, -0.05) is 0 Å². The third kappa shape index (κ3) is 2.46. The van der Waals surface area contributed by atoms with Crippen LogP contribution in [0.25, 0.3) is 0 Å². The van der Waals surface area contributed by atoms with Crippen molar-refractivity contribution in [1.82, 2.24) is 15.2 Å². The molecule has 0 aromatic carbocycles. The van der Waals surface area contributed by atoms with Crippen LogP contribution < -0.4 is 5.43 Å². The summed E-state index contributed by atoms with van der Waals surface area (Å²) in [6.45, 7) is 2.10. The van der Waals surface area contributed by atoms with E-state index in [-0.39, 0.29) is 0 Å². The molecule has 1 N–H and O–H groups in total. The monoisotopic (exact) mass is 236 g/mol. The van der Waals surface area contributed by atoms with Gasteiger partial charge in [-0.2, -0.15) is 10.2 Å². The smallest absolute Gasteiger partial charge is 0.427 e. The van der Waals surface area contributed by atoms with Crippen LogP contribution in [-0.4, -0.2) is 28.2 Å². The van der Waals surface area contributed by atoms with Gasteiger partial charge in [-0.3, -0.25) is 4.68 Å². The topological polar surface area (TPSA) is 68.5 Å². The first-order valence-corrected chi connectivity index (χ1v) is 5.73. The molecule has 1 aromatic rings. The Balaban J connectivity index is 2.12. The van der Waals surface area contributed by atoms with Crippen LogP contribution in [0.3, 0.4) is 0 Å². The van der Waals surface area contributed by atoms with Gasteiger partial charge in [0.25, 0.3) is 0 Å². The minimum atomic E-state index is -0.518. The van der Waals surface area contributed by atoms with E-state index in [9.17, 15) is 4.79 Å². The quantitative estimate of drug-likeness (QED) is 0.785. The highest BCUT2D eigenvalue weighted by molar-refractivity contribution is 6.02. The van der Waals surface area contributed by atoms with Crippen molar-refractivity contribution in [2.75, 3.05) is 6.61 Å². The molecule has 0 spiro atoms. The fourth-order valence-electron chi connectivity index (χ4n) is 1.95. The normalized spacial score (nSPS) is 16.7. The van der Waals surface area contributed by atoms with Crippen LogP contribution in [0.5, 0.6) is 0 Å². The Morgan fingerprint density at radius 3 is 3.24 bits per heavy atom. The van der Waals surface area contributed by atoms with Crippen molar-refractivity contribution in [2.45, 2.75) is 26.2 Å². The molecular formula is C11H16N4O2. The molecule has 0 fully saturated rings. The zero-order valence-corrected chi connectivity index (χ0v) is 10.1. The Kier molecular flexibility index (Phi) is 3.41. The van der Waals surface area contributed by atoms with Crippen molar-refractivity contribution in [1.29, 1.82) is 0 Å². The SMILES string of the molecule is CCOC(=O)N/N=C1/CCCc2c1cnn2C. The van der Waals surface area contributed by atoms with Gasteiger partial charge in [-0.15, -0.1) is 0 Å². The Bertz CT molecular complexity index is 450. The van der Waals surface area contributed by atoms with Gasteiger partial charge < -0.3 is 4.74 Å². The van der Waals surface area contributed by atoms with Gasteiger partial charge in [0.2, 0.25) is 0 Å². The maximum Gasteiger partial charge on any atom is 0.427 e. The predicted molar refractivity (Wildman–Crippen MR) is 62.8 cm³/mol. The lowest BCUT2D eigenvalue weighted by atomic mass is 9.96. The summed E-state index contributed by atoms with van der Waals surface area (Å²) in [5, 5.41) is 8.30. The van der Waals surface area contributed by atoms with Crippen molar-refractivity contribution >= 4 is 11.8 Å². The molecule has 0 saturated heterocycles. The molecule has 92 valence electrons. The van der Waals surface area contributed by atoms with Gasteiger partial charge in [0.05, 0.1) is 18.5 Å². The second kappa shape index (κ2) is 4.99. The number of hydrogen-bond donors (Lipinski definition) is 1. The molecule has 2 rings (SSSR count). The van der Waals surface area contributed by atoms with Crippen molar-refractivity contribution in [3.63, 3.8) is 0 Å². The van der Waals surface area contributed by atoms with Gasteiger partial charge in [0.15, 0.2) is 0 Å². The third-order valence-corrected chi connectivity index (χ3v) is 2.76. The molecule has 6 nitrogen and oxygen atoms in total. The molecule has 1 heterocycles. The zero-order chi connectivity index (χ0) is 12.3. The molecule has 0 radical (unpaired) electrons. The number of nitrogens with zero attached hydrogens (tertiary/aromatic N) is 3. The highest BCUT2D eigenvalue weighted by Gasteiger charge is 2.19. The molecule has 1 aliphatic carbocycles. The number of carbonyl (C=O) groups is 1. The molecule has 1 amide bonds. The standard InChI is InChI=1S/C11H16N4O2/c1-3-17-11(16)14-13-9-5-4-6-10-8(9)7-12-15(10)2/h7H,3-6H2,1-2H3,(H,14,16)/b13-9-. The summed E-state index contributed by atoms with van der Waals surface area (Å²) in [7, 11) is 1.92. The number of nitrogens with one attached hydrogen (secondary N) is 1. The van der Waals surface area contributed by atoms with Crippen LogP contribution in [0.2, 0.25) is 0 Å². The van der Waals surface area contributed by atoms with Crippen LogP contribution in [0.15, 0.2) is 11.3 Å². The number of carbonyl (C=O) groups excluding carboxylic acids is 1. The van der Waals surface area contributed by atoms with Gasteiger partial charge in [-0.05, 0) is 26.2 Å². The van der Waals surface area contributed by atoms with E-state index in [4.69, 9.17) is 4.74 Å². The number of amides is 1. The first-order valence-electron chi connectivity index (χ1n) is 5.73. The van der Waals surface area contributed by atoms with Crippen molar-refractivity contribution in [2.24, 2.45) is 12.1 Å². The first kappa shape index (κ1) is 11.6. The molecule has 0 unspecified atom stereocenters. The second-order valence-corrected chi connectivity index (χ2v) is 3.87. The van der Waals surface area contributed by atoms with E-state index < -0.39 is 6.09 Å². The van der Waals surface area contributed by atoms with Crippen LogP contribution in [0, 0.1) is 0 Å². The van der Waals surface area contributed by atoms with E-state index in [1.54, 1.807) is 13.1 Å². The van der Waals surface area contributed by atoms with Gasteiger partial charge in [0, 0.05) is 18.3 Å². The van der Waals surface area contributed by atoms with Crippen LogP contribution in [0.4, 0.5) is 4.79 Å². The van der Waals surface area contributed by atoms with E-state index >= 15 is 0 Å². The number of hydrogen-bond acceptors (Lipinski definition) is 4. The van der Waals surface area contributed by atoms with E-state index in [2.05, 4.69) is 15.6 Å². The summed E-state index contributed by atoms with van der Waals surface area (Å²) < 4.78 is 6.60. The fourth-order valence-corrected chi connectivity index (χ4v) is 1.95. The predicted octanol–water partition coefficient (Wildman–Crippen LogP) is 1.21. The summed E-state index contributed by atoms with van der Waals surface area (Å²) in [6, 6.07) is 0. The van der Waals surface area contributed by atoms with E-state index in [1.807, 2.05) is 11.7 Å². The number of aryl methyl sites for hydroxylation is 1. The Morgan fingerprint density at radius 2 is 2.47 bits per heavy atom. The molecule has 17 heavy (non-hydrogen) atoms. The van der Waals surface area contributed by atoms with Gasteiger partial charge in [-0.25, -0.2) is 10.2 Å². The summed E-state index contributed by atoms with van der Waals surface area (Å²) in [4.78, 5) is 11.1. The largest absolute Gasteiger partial charge is 0.449 e. The zero-order valence-electron chi connectivity index (χ0n) is 10.1. The number of ether oxygens (including phenoxy) is 1. The number of fused-ring (bicyclic) bond motifs is 1. The summed E-state index contributed by atoms with van der Waals surface area (Å²) >= 11 is 0. The first-order chi connectivity index (χ1) is 8.22. The van der Waals surface area contributed by atoms with E-state index in [0.29, 0.717) is 6.61 Å². The molecule has 1 aliphatic rings. The highest BCUT2D eigenvalue weighted by Crippen LogP contribution is 2.20. The van der Waals surface area contributed by atoms with Crippen molar-refractivity contribution in [3.05, 3.63) is 17.5 Å². The molecule has 0 atom stereocenters. The van der Waals surface area contributed by atoms with Gasteiger partial charge in [0.1, 0.15) is 0 Å². The fraction of sp³-hybridized carbons (Fsp3) is 0.545. The minimum Gasteiger partial charge on any atom is -0.449 e. The lowest BCUT2D eigenvalue weighted by Gasteiger charge is -2.14. The number of hydrazone groups is 1. The molecule has 0 bridgehead atoms. The summed E-state index contributed by atoms with van der Waals surface area (Å²) in [6.07, 6.45) is 4.15. The summed E-state index contributed by atoms with van der Waals surface area (Å²) in [5.74, 6) is 0. The Labute approximate surface area is 99.6 Å². The van der Waals surface area contributed by atoms with Crippen molar-refractivity contribution in [3.8, 4) is 0 Å². The Hall–Kier alpha value is -1.85. The van der Waals surface area contributed by atoms with E-state index in [0.717, 1.165) is 30.5 Å². The molecule has 6 heteroatoms. The maximum absolute atomic E-state index is 11.1. The van der Waals surface area contributed by atoms with Crippen LogP contribution in [0.1, 0.15) is 31.0 Å². The van der Waals surface area contributed by atoms with Crippen LogP contribution in [-0.2, 0) is 18.2 Å². The third-order valence-electron chi connectivity index (χ3n) is 2.76. The molecule has 0 saturated carbocycles. The van der Waals surface area contributed by atoms with Crippen LogP contribution >= 0.6 is 0 Å². The van der Waals surface area contributed by atoms with Crippen molar-refractivity contribution < 1.29 is 9.53 Å². The number of aromatic nitrogens is 2. The average Bonchev–Trinajstić information content (AvgIpc) is 2.70. The average molecular weight is 236 g/mol. The highest BCUT2D eigenvalue weighted by atomic mass is 16.5. The van der Waals surface area contributed by atoms with E-state index in [1.165, 1.54) is 5.69 Å². The van der Waals surface area contributed by atoms with Gasteiger partial charge >= 0.3 is 6.09 Å². The number of rotatable bonds is 2. The molecular weight excluding hydrogens is 220 g/mol. The molecule has 1 aromatic heterocycles. The second-order valence-electron chi connectivity index (χ2n) is 3.87.